The van der Waals surface area contributed by atoms with E-state index >= 15 is 0 Å². The van der Waals surface area contributed by atoms with Gasteiger partial charge in [-0.1, -0.05) is 12.1 Å². The van der Waals surface area contributed by atoms with Crippen molar-refractivity contribution in [2.24, 2.45) is 0 Å². The Balaban J connectivity index is 1.38. The number of hydrogen-bond donors (Lipinski definition) is 3. The minimum Gasteiger partial charge on any atom is -0.488 e. The van der Waals surface area contributed by atoms with Crippen molar-refractivity contribution < 1.29 is 34.0 Å². The minimum absolute atomic E-state index is 0.0160. The molecule has 0 unspecified atom stereocenters. The number of benzene rings is 3. The molecule has 0 saturated heterocycles. The van der Waals surface area contributed by atoms with Crippen molar-refractivity contribution in [2.75, 3.05) is 19.8 Å². The number of carboxylic acids is 1. The first-order valence-electron chi connectivity index (χ1n) is 13.9. The van der Waals surface area contributed by atoms with Crippen LogP contribution in [0.25, 0.3) is 5.69 Å². The molecule has 4 aromatic rings. The first kappa shape index (κ1) is 30.2. The number of nitriles is 1. The predicted octanol–water partition coefficient (Wildman–Crippen LogP) is 3.48. The molecule has 1 aromatic heterocycles. The Morgan fingerprint density at radius 1 is 1.00 bits per heavy atom. The Morgan fingerprint density at radius 3 is 2.57 bits per heavy atom. The maximum atomic E-state index is 13.4. The molecule has 0 saturated carbocycles. The summed E-state index contributed by atoms with van der Waals surface area (Å²) in [5, 5.41) is 30.8. The first-order chi connectivity index (χ1) is 21.4. The van der Waals surface area contributed by atoms with Crippen LogP contribution in [0.1, 0.15) is 27.8 Å². The van der Waals surface area contributed by atoms with E-state index in [1.807, 2.05) is 13.0 Å². The lowest BCUT2D eigenvalue weighted by atomic mass is 10.1. The third-order valence-corrected chi connectivity index (χ3v) is 7.04. The molecule has 11 heteroatoms. The second-order valence-corrected chi connectivity index (χ2v) is 10.1. The van der Waals surface area contributed by atoms with Gasteiger partial charge in [0, 0.05) is 30.4 Å². The van der Waals surface area contributed by atoms with Gasteiger partial charge in [-0.3, -0.25) is 19.5 Å². The Labute approximate surface area is 253 Å². The summed E-state index contributed by atoms with van der Waals surface area (Å²) in [5.74, 6) is 0.926. The van der Waals surface area contributed by atoms with Crippen LogP contribution in [0.15, 0.2) is 77.7 Å². The molecule has 44 heavy (non-hydrogen) atoms. The lowest BCUT2D eigenvalue weighted by Gasteiger charge is -2.19. The molecule has 1 aliphatic heterocycles. The summed E-state index contributed by atoms with van der Waals surface area (Å²) in [6.45, 7) is 2.40. The van der Waals surface area contributed by atoms with E-state index < -0.39 is 18.6 Å². The summed E-state index contributed by atoms with van der Waals surface area (Å²) in [6, 6.07) is 20.3. The number of nitrogens with zero attached hydrogens (tertiary/aromatic N) is 2. The molecule has 3 aromatic carbocycles. The Morgan fingerprint density at radius 2 is 1.80 bits per heavy atom. The van der Waals surface area contributed by atoms with Gasteiger partial charge in [0.25, 0.3) is 5.56 Å². The number of aliphatic hydroxyl groups excluding tert-OH is 1. The van der Waals surface area contributed by atoms with Crippen molar-refractivity contribution in [3.63, 3.8) is 0 Å². The molecule has 2 heterocycles. The van der Waals surface area contributed by atoms with E-state index in [0.717, 1.165) is 11.1 Å². The van der Waals surface area contributed by atoms with Crippen molar-refractivity contribution in [3.05, 3.63) is 111 Å². The van der Waals surface area contributed by atoms with Gasteiger partial charge in [0.1, 0.15) is 44.0 Å². The maximum absolute atomic E-state index is 13.4. The lowest BCUT2D eigenvalue weighted by Crippen LogP contribution is -2.39. The van der Waals surface area contributed by atoms with Crippen LogP contribution in [0.3, 0.4) is 0 Å². The number of aryl methyl sites for hydroxylation is 1. The molecule has 0 aliphatic carbocycles. The zero-order valence-corrected chi connectivity index (χ0v) is 24.0. The van der Waals surface area contributed by atoms with Crippen molar-refractivity contribution >= 4 is 5.97 Å². The number of aromatic nitrogens is 1. The second kappa shape index (κ2) is 13.8. The van der Waals surface area contributed by atoms with E-state index in [1.54, 1.807) is 66.9 Å². The van der Waals surface area contributed by atoms with Crippen LogP contribution in [0, 0.1) is 18.3 Å². The number of rotatable bonds is 12. The number of aliphatic hydroxyl groups is 1. The van der Waals surface area contributed by atoms with Gasteiger partial charge in [0.05, 0.1) is 29.5 Å². The molecule has 0 bridgehead atoms. The van der Waals surface area contributed by atoms with Crippen molar-refractivity contribution in [1.29, 1.82) is 5.26 Å². The predicted molar refractivity (Wildman–Crippen MR) is 159 cm³/mol. The van der Waals surface area contributed by atoms with Crippen LogP contribution < -0.4 is 29.8 Å². The number of carbonyl (C=O) groups is 1. The number of fused-ring (bicyclic) bond motifs is 1. The lowest BCUT2D eigenvalue weighted by molar-refractivity contribution is -0.140. The minimum atomic E-state index is -1.18. The largest absolute Gasteiger partial charge is 0.488 e. The van der Waals surface area contributed by atoms with Crippen molar-refractivity contribution in [3.8, 4) is 34.8 Å². The Kier molecular flexibility index (Phi) is 9.44. The standard InChI is InChI=1S/C33H31N3O8/c1-21-12-25(17-35-27(18-37)33(39)40)30(43-19-23-5-2-4-22(13-23)16-34)15-29(21)44-20-24-6-3-9-36(32(24)38)26-7-8-28-31(14-26)42-11-10-41-28/h2-9,12-15,27,35,37H,10-11,17-20H2,1H3,(H,39,40)/t27-/m0/s1. The van der Waals surface area contributed by atoms with E-state index in [2.05, 4.69) is 11.4 Å². The molecule has 0 radical (unpaired) electrons. The molecule has 1 aliphatic rings. The highest BCUT2D eigenvalue weighted by Gasteiger charge is 2.18. The van der Waals surface area contributed by atoms with E-state index in [4.69, 9.17) is 18.9 Å². The molecule has 1 atom stereocenters. The SMILES string of the molecule is Cc1cc(CN[C@@H](CO)C(=O)O)c(OCc2cccc(C#N)c2)cc1OCc1cccn(-c2ccc3c(c2)OCCO3)c1=O. The van der Waals surface area contributed by atoms with Crippen LogP contribution in [0.4, 0.5) is 0 Å². The highest BCUT2D eigenvalue weighted by Crippen LogP contribution is 2.32. The van der Waals surface area contributed by atoms with Crippen molar-refractivity contribution in [1.82, 2.24) is 9.88 Å². The number of carboxylic acid groups (broad SMARTS) is 1. The maximum Gasteiger partial charge on any atom is 0.323 e. The van der Waals surface area contributed by atoms with Crippen LogP contribution in [0.5, 0.6) is 23.0 Å². The normalized spacial score (nSPS) is 12.7. The summed E-state index contributed by atoms with van der Waals surface area (Å²) in [5.41, 5.74) is 3.46. The molecule has 0 amide bonds. The summed E-state index contributed by atoms with van der Waals surface area (Å²) in [6.07, 6.45) is 1.67. The van der Waals surface area contributed by atoms with E-state index in [1.165, 1.54) is 4.57 Å². The second-order valence-electron chi connectivity index (χ2n) is 10.1. The Hall–Kier alpha value is -5.31. The van der Waals surface area contributed by atoms with Gasteiger partial charge in [0.15, 0.2) is 11.5 Å². The van der Waals surface area contributed by atoms with Gasteiger partial charge in [-0.25, -0.2) is 0 Å². The van der Waals surface area contributed by atoms with Crippen LogP contribution in [0.2, 0.25) is 0 Å². The van der Waals surface area contributed by atoms with Gasteiger partial charge in [0.2, 0.25) is 0 Å². The van der Waals surface area contributed by atoms with Gasteiger partial charge in [-0.2, -0.15) is 5.26 Å². The van der Waals surface area contributed by atoms with Gasteiger partial charge in [-0.15, -0.1) is 0 Å². The fourth-order valence-electron chi connectivity index (χ4n) is 4.70. The zero-order valence-electron chi connectivity index (χ0n) is 24.0. The monoisotopic (exact) mass is 597 g/mol. The topological polar surface area (TPSA) is 152 Å². The first-order valence-corrected chi connectivity index (χ1v) is 13.9. The molecule has 0 spiro atoms. The number of pyridine rings is 1. The average molecular weight is 598 g/mol. The summed E-state index contributed by atoms with van der Waals surface area (Å²) < 4.78 is 25.0. The highest BCUT2D eigenvalue weighted by atomic mass is 16.6. The van der Waals surface area contributed by atoms with Crippen molar-refractivity contribution in [2.45, 2.75) is 32.7 Å². The smallest absolute Gasteiger partial charge is 0.323 e. The third-order valence-electron chi connectivity index (χ3n) is 7.04. The van der Waals surface area contributed by atoms with Gasteiger partial charge in [-0.05, 0) is 60.5 Å². The molecular formula is C33H31N3O8. The molecule has 226 valence electrons. The number of hydrogen-bond acceptors (Lipinski definition) is 9. The van der Waals surface area contributed by atoms with Crippen LogP contribution >= 0.6 is 0 Å². The number of ether oxygens (including phenoxy) is 4. The van der Waals surface area contributed by atoms with Gasteiger partial charge < -0.3 is 29.2 Å². The quantitative estimate of drug-likeness (QED) is 0.221. The van der Waals surface area contributed by atoms with E-state index in [0.29, 0.717) is 58.6 Å². The molecular weight excluding hydrogens is 566 g/mol. The number of nitrogens with one attached hydrogen (secondary N) is 1. The van der Waals surface area contributed by atoms with E-state index in [9.17, 15) is 25.1 Å². The molecule has 11 nitrogen and oxygen atoms in total. The molecule has 5 rings (SSSR count). The Bertz CT molecular complexity index is 1760. The summed E-state index contributed by atoms with van der Waals surface area (Å²) >= 11 is 0. The average Bonchev–Trinajstić information content (AvgIpc) is 3.04. The van der Waals surface area contributed by atoms with Gasteiger partial charge >= 0.3 is 5.97 Å². The summed E-state index contributed by atoms with van der Waals surface area (Å²) in [4.78, 5) is 24.8. The molecule has 3 N–H and O–H groups in total. The van der Waals surface area contributed by atoms with Crippen LogP contribution in [-0.2, 0) is 24.6 Å². The van der Waals surface area contributed by atoms with Crippen LogP contribution in [-0.4, -0.2) is 46.6 Å². The highest BCUT2D eigenvalue weighted by molar-refractivity contribution is 5.73. The molecule has 0 fully saturated rings. The third kappa shape index (κ3) is 7.00. The fourth-order valence-corrected chi connectivity index (χ4v) is 4.70. The fraction of sp³-hybridized carbons (Fsp3) is 0.242. The summed E-state index contributed by atoms with van der Waals surface area (Å²) in [7, 11) is 0. The number of aliphatic carboxylic acids is 1. The van der Waals surface area contributed by atoms with E-state index in [-0.39, 0.29) is 25.3 Å². The zero-order chi connectivity index (χ0) is 31.1.